The number of carboxylic acid groups (broad SMARTS) is 1. The van der Waals surface area contributed by atoms with E-state index in [2.05, 4.69) is 0 Å². The average molecular weight is 268 g/mol. The predicted octanol–water partition coefficient (Wildman–Crippen LogP) is 2.02. The van der Waals surface area contributed by atoms with Crippen LogP contribution in [0.5, 0.6) is 0 Å². The lowest BCUT2D eigenvalue weighted by Gasteiger charge is -2.17. The number of carbonyl (C=O) groups excluding carboxylic acids is 1. The monoisotopic (exact) mass is 267 g/mol. The first kappa shape index (κ1) is 12.9. The number of benzene rings is 1. The van der Waals surface area contributed by atoms with Crippen LogP contribution in [0.4, 0.5) is 0 Å². The Bertz CT molecular complexity index is 489. The highest BCUT2D eigenvalue weighted by Gasteiger charge is 2.49. The molecule has 0 radical (unpaired) electrons. The van der Waals surface area contributed by atoms with Gasteiger partial charge in [0.1, 0.15) is 0 Å². The van der Waals surface area contributed by atoms with E-state index in [-0.39, 0.29) is 11.8 Å². The number of nitrogens with zero attached hydrogens (tertiary/aromatic N) is 1. The van der Waals surface area contributed by atoms with Gasteiger partial charge >= 0.3 is 5.97 Å². The second-order valence-corrected chi connectivity index (χ2v) is 4.98. The van der Waals surface area contributed by atoms with Crippen molar-refractivity contribution in [1.82, 2.24) is 4.90 Å². The lowest BCUT2D eigenvalue weighted by atomic mass is 10.2. The summed E-state index contributed by atoms with van der Waals surface area (Å²) in [4.78, 5) is 24.2. The fourth-order valence-electron chi connectivity index (χ4n) is 1.98. The number of rotatable bonds is 4. The van der Waals surface area contributed by atoms with Crippen molar-refractivity contribution in [3.8, 4) is 0 Å². The number of carbonyl (C=O) groups is 2. The van der Waals surface area contributed by atoms with Crippen molar-refractivity contribution in [2.45, 2.75) is 13.0 Å². The van der Waals surface area contributed by atoms with Crippen LogP contribution in [-0.4, -0.2) is 28.9 Å². The molecule has 4 nitrogen and oxygen atoms in total. The van der Waals surface area contributed by atoms with E-state index in [9.17, 15) is 9.59 Å². The van der Waals surface area contributed by atoms with Crippen LogP contribution in [0.15, 0.2) is 24.3 Å². The third-order valence-electron chi connectivity index (χ3n) is 3.17. The molecule has 1 aliphatic carbocycles. The normalized spacial score (nSPS) is 21.4. The Morgan fingerprint density at radius 1 is 1.39 bits per heavy atom. The molecule has 0 heterocycles. The van der Waals surface area contributed by atoms with Gasteiger partial charge in [-0.15, -0.1) is 0 Å². The van der Waals surface area contributed by atoms with Crippen molar-refractivity contribution in [2.75, 3.05) is 7.05 Å². The van der Waals surface area contributed by atoms with Gasteiger partial charge in [-0.2, -0.15) is 0 Å². The highest BCUT2D eigenvalue weighted by Crippen LogP contribution is 2.40. The molecule has 96 valence electrons. The third-order valence-corrected chi connectivity index (χ3v) is 3.54. The lowest BCUT2D eigenvalue weighted by molar-refractivity contribution is -0.141. The van der Waals surface area contributed by atoms with Gasteiger partial charge in [0.2, 0.25) is 5.91 Å². The number of carboxylic acids is 1. The molecule has 1 aliphatic rings. The van der Waals surface area contributed by atoms with Gasteiger partial charge in [0.25, 0.3) is 0 Å². The van der Waals surface area contributed by atoms with Crippen molar-refractivity contribution in [2.24, 2.45) is 11.8 Å². The zero-order valence-corrected chi connectivity index (χ0v) is 10.7. The molecular formula is C13H14ClNO3. The van der Waals surface area contributed by atoms with Crippen LogP contribution in [0.3, 0.4) is 0 Å². The third kappa shape index (κ3) is 2.64. The zero-order chi connectivity index (χ0) is 13.3. The summed E-state index contributed by atoms with van der Waals surface area (Å²) in [5.74, 6) is -1.89. The molecule has 1 amide bonds. The van der Waals surface area contributed by atoms with Crippen molar-refractivity contribution < 1.29 is 14.7 Å². The van der Waals surface area contributed by atoms with Gasteiger partial charge in [0.15, 0.2) is 0 Å². The Kier molecular flexibility index (Phi) is 3.57. The van der Waals surface area contributed by atoms with Gasteiger partial charge in [-0.05, 0) is 18.1 Å². The number of halogens is 1. The van der Waals surface area contributed by atoms with Gasteiger partial charge in [-0.1, -0.05) is 29.8 Å². The molecule has 2 atom stereocenters. The average Bonchev–Trinajstić information content (AvgIpc) is 3.11. The minimum absolute atomic E-state index is 0.123. The maximum atomic E-state index is 12.0. The van der Waals surface area contributed by atoms with Crippen LogP contribution in [0, 0.1) is 11.8 Å². The summed E-state index contributed by atoms with van der Waals surface area (Å²) in [6.45, 7) is 0.404. The summed E-state index contributed by atoms with van der Waals surface area (Å²) in [5, 5.41) is 9.41. The number of amides is 1. The second-order valence-electron chi connectivity index (χ2n) is 4.57. The molecule has 18 heavy (non-hydrogen) atoms. The van der Waals surface area contributed by atoms with Crippen LogP contribution in [0.25, 0.3) is 0 Å². The van der Waals surface area contributed by atoms with E-state index in [1.807, 2.05) is 18.2 Å². The van der Waals surface area contributed by atoms with Crippen LogP contribution >= 0.6 is 11.6 Å². The van der Waals surface area contributed by atoms with E-state index in [0.29, 0.717) is 18.0 Å². The van der Waals surface area contributed by atoms with Crippen LogP contribution in [0.1, 0.15) is 12.0 Å². The Labute approximate surface area is 110 Å². The Hall–Kier alpha value is -1.55. The number of hydrogen-bond acceptors (Lipinski definition) is 2. The SMILES string of the molecule is CN(Cc1ccccc1Cl)C(=O)C1CC1C(=O)O. The molecule has 0 aliphatic heterocycles. The molecule has 2 unspecified atom stereocenters. The van der Waals surface area contributed by atoms with E-state index < -0.39 is 11.9 Å². The van der Waals surface area contributed by atoms with E-state index in [1.165, 1.54) is 4.90 Å². The predicted molar refractivity (Wildman–Crippen MR) is 67.2 cm³/mol. The first-order valence-electron chi connectivity index (χ1n) is 5.72. The van der Waals surface area contributed by atoms with Gasteiger partial charge < -0.3 is 10.0 Å². The Balaban J connectivity index is 1.97. The molecule has 1 aromatic rings. The molecule has 0 saturated heterocycles. The van der Waals surface area contributed by atoms with Gasteiger partial charge in [-0.3, -0.25) is 9.59 Å². The molecule has 0 aromatic heterocycles. The zero-order valence-electron chi connectivity index (χ0n) is 9.97. The molecule has 1 aromatic carbocycles. The summed E-state index contributed by atoms with van der Waals surface area (Å²) in [5.41, 5.74) is 0.863. The van der Waals surface area contributed by atoms with Crippen LogP contribution in [0.2, 0.25) is 5.02 Å². The van der Waals surface area contributed by atoms with Crippen molar-refractivity contribution in [3.05, 3.63) is 34.9 Å². The quantitative estimate of drug-likeness (QED) is 0.908. The highest BCUT2D eigenvalue weighted by molar-refractivity contribution is 6.31. The van der Waals surface area contributed by atoms with E-state index >= 15 is 0 Å². The summed E-state index contributed by atoms with van der Waals surface area (Å²) < 4.78 is 0. The van der Waals surface area contributed by atoms with Gasteiger partial charge in [0.05, 0.1) is 11.8 Å². The lowest BCUT2D eigenvalue weighted by Crippen LogP contribution is -2.28. The van der Waals surface area contributed by atoms with E-state index in [1.54, 1.807) is 13.1 Å². The van der Waals surface area contributed by atoms with Gasteiger partial charge in [-0.25, -0.2) is 0 Å². The number of hydrogen-bond donors (Lipinski definition) is 1. The first-order chi connectivity index (χ1) is 8.50. The fraction of sp³-hybridized carbons (Fsp3) is 0.385. The molecule has 0 spiro atoms. The first-order valence-corrected chi connectivity index (χ1v) is 6.09. The highest BCUT2D eigenvalue weighted by atomic mass is 35.5. The number of aliphatic carboxylic acids is 1. The minimum Gasteiger partial charge on any atom is -0.481 e. The molecule has 5 heteroatoms. The maximum absolute atomic E-state index is 12.0. The van der Waals surface area contributed by atoms with Crippen LogP contribution < -0.4 is 0 Å². The van der Waals surface area contributed by atoms with Crippen LogP contribution in [-0.2, 0) is 16.1 Å². The topological polar surface area (TPSA) is 57.6 Å². The summed E-state index contributed by atoms with van der Waals surface area (Å²) in [6, 6.07) is 7.31. The Morgan fingerprint density at radius 3 is 2.61 bits per heavy atom. The van der Waals surface area contributed by atoms with Gasteiger partial charge in [0, 0.05) is 18.6 Å². The molecule has 1 saturated carbocycles. The van der Waals surface area contributed by atoms with E-state index in [4.69, 9.17) is 16.7 Å². The summed E-state index contributed by atoms with van der Waals surface area (Å²) in [7, 11) is 1.67. The van der Waals surface area contributed by atoms with E-state index in [0.717, 1.165) is 5.56 Å². The fourth-order valence-corrected chi connectivity index (χ4v) is 2.18. The Morgan fingerprint density at radius 2 is 2.06 bits per heavy atom. The van der Waals surface area contributed by atoms with Crippen molar-refractivity contribution >= 4 is 23.5 Å². The summed E-state index contributed by atoms with van der Waals surface area (Å²) in [6.07, 6.45) is 0.445. The standard InChI is InChI=1S/C13H14ClNO3/c1-15(7-8-4-2-3-5-11(8)14)12(16)9-6-10(9)13(17)18/h2-5,9-10H,6-7H2,1H3,(H,17,18). The second kappa shape index (κ2) is 4.98. The smallest absolute Gasteiger partial charge is 0.307 e. The summed E-state index contributed by atoms with van der Waals surface area (Å²) >= 11 is 6.02. The van der Waals surface area contributed by atoms with Crippen molar-refractivity contribution in [1.29, 1.82) is 0 Å². The molecule has 1 N–H and O–H groups in total. The molecule has 2 rings (SSSR count). The minimum atomic E-state index is -0.889. The van der Waals surface area contributed by atoms with Crippen molar-refractivity contribution in [3.63, 3.8) is 0 Å². The molecular weight excluding hydrogens is 254 g/mol. The molecule has 0 bridgehead atoms. The largest absolute Gasteiger partial charge is 0.481 e. The maximum Gasteiger partial charge on any atom is 0.307 e. The molecule has 1 fully saturated rings.